The van der Waals surface area contributed by atoms with Crippen LogP contribution in [0, 0.1) is 5.92 Å². The summed E-state index contributed by atoms with van der Waals surface area (Å²) in [6.07, 6.45) is 5.00. The Balaban J connectivity index is 1.50. The first-order valence-corrected chi connectivity index (χ1v) is 10.0. The van der Waals surface area contributed by atoms with E-state index < -0.39 is 23.5 Å². The molecule has 3 atom stereocenters. The smallest absolute Gasteiger partial charge is 0.325 e. The number of benzene rings is 1. The fraction of sp³-hybridized carbons (Fsp3) is 0.409. The standard InChI is InChI=1S/C22H25N3O4/c1-15-8-5-6-12-22(15)20(27)25(21(28)24-22)14-18(26)23-19(17-11-7-13-29-17)16-9-3-2-4-10-16/h2-4,7,9-11,13,15,19H,5-6,8,12,14H2,1H3,(H,23,26)(H,24,28). The first-order chi connectivity index (χ1) is 14.0. The van der Waals surface area contributed by atoms with Gasteiger partial charge in [-0.1, -0.05) is 50.1 Å². The molecule has 1 aliphatic heterocycles. The van der Waals surface area contributed by atoms with Gasteiger partial charge in [0.15, 0.2) is 0 Å². The summed E-state index contributed by atoms with van der Waals surface area (Å²) in [5.74, 6) is -0.0709. The summed E-state index contributed by atoms with van der Waals surface area (Å²) in [7, 11) is 0. The van der Waals surface area contributed by atoms with Gasteiger partial charge in [0.25, 0.3) is 5.91 Å². The SMILES string of the molecule is CC1CCCCC12NC(=O)N(CC(=O)NC(c1ccccc1)c1ccco1)C2=O. The van der Waals surface area contributed by atoms with Gasteiger partial charge in [0, 0.05) is 0 Å². The molecule has 2 heterocycles. The van der Waals surface area contributed by atoms with Crippen molar-refractivity contribution in [2.24, 2.45) is 5.92 Å². The Morgan fingerprint density at radius 3 is 2.72 bits per heavy atom. The monoisotopic (exact) mass is 395 g/mol. The largest absolute Gasteiger partial charge is 0.467 e. The Morgan fingerprint density at radius 1 is 1.24 bits per heavy atom. The highest BCUT2D eigenvalue weighted by molar-refractivity contribution is 6.09. The van der Waals surface area contributed by atoms with Crippen molar-refractivity contribution in [2.75, 3.05) is 6.54 Å². The third-order valence-corrected chi connectivity index (χ3v) is 6.07. The predicted molar refractivity (Wildman–Crippen MR) is 106 cm³/mol. The maximum atomic E-state index is 13.1. The summed E-state index contributed by atoms with van der Waals surface area (Å²) in [5, 5.41) is 5.78. The Hall–Kier alpha value is -3.09. The van der Waals surface area contributed by atoms with E-state index in [4.69, 9.17) is 4.42 Å². The third-order valence-electron chi connectivity index (χ3n) is 6.07. The summed E-state index contributed by atoms with van der Waals surface area (Å²) in [6.45, 7) is 1.67. The van der Waals surface area contributed by atoms with Crippen LogP contribution in [0.5, 0.6) is 0 Å². The molecule has 0 radical (unpaired) electrons. The van der Waals surface area contributed by atoms with Gasteiger partial charge in [-0.25, -0.2) is 4.79 Å². The van der Waals surface area contributed by atoms with Crippen LogP contribution < -0.4 is 10.6 Å². The molecule has 7 nitrogen and oxygen atoms in total. The van der Waals surface area contributed by atoms with Gasteiger partial charge in [0.1, 0.15) is 23.9 Å². The van der Waals surface area contributed by atoms with Crippen LogP contribution in [-0.2, 0) is 9.59 Å². The second-order valence-corrected chi connectivity index (χ2v) is 7.87. The summed E-state index contributed by atoms with van der Waals surface area (Å²) in [6, 6.07) is 12.0. The molecule has 152 valence electrons. The number of nitrogens with zero attached hydrogens (tertiary/aromatic N) is 1. The molecule has 0 bridgehead atoms. The van der Waals surface area contributed by atoms with Crippen LogP contribution in [0.4, 0.5) is 4.79 Å². The lowest BCUT2D eigenvalue weighted by Crippen LogP contribution is -2.54. The van der Waals surface area contributed by atoms with Gasteiger partial charge in [-0.2, -0.15) is 0 Å². The highest BCUT2D eigenvalue weighted by Gasteiger charge is 2.55. The Morgan fingerprint density at radius 2 is 2.03 bits per heavy atom. The fourth-order valence-electron chi connectivity index (χ4n) is 4.41. The maximum absolute atomic E-state index is 13.1. The zero-order valence-electron chi connectivity index (χ0n) is 16.4. The van der Waals surface area contributed by atoms with Gasteiger partial charge in [-0.05, 0) is 36.5 Å². The van der Waals surface area contributed by atoms with Gasteiger partial charge in [-0.3, -0.25) is 14.5 Å². The van der Waals surface area contributed by atoms with E-state index in [9.17, 15) is 14.4 Å². The summed E-state index contributed by atoms with van der Waals surface area (Å²) in [5.41, 5.74) is -0.0134. The first kappa shape index (κ1) is 19.2. The molecule has 4 amide bonds. The average molecular weight is 395 g/mol. The van der Waals surface area contributed by atoms with E-state index >= 15 is 0 Å². The van der Waals surface area contributed by atoms with E-state index in [-0.39, 0.29) is 18.4 Å². The molecule has 7 heteroatoms. The molecule has 2 fully saturated rings. The minimum Gasteiger partial charge on any atom is -0.467 e. The van der Waals surface area contributed by atoms with Gasteiger partial charge in [0.2, 0.25) is 5.91 Å². The summed E-state index contributed by atoms with van der Waals surface area (Å²) >= 11 is 0. The van der Waals surface area contributed by atoms with Crippen molar-refractivity contribution in [1.82, 2.24) is 15.5 Å². The van der Waals surface area contributed by atoms with Crippen molar-refractivity contribution in [1.29, 1.82) is 0 Å². The van der Waals surface area contributed by atoms with Crippen LogP contribution in [0.1, 0.15) is 50.0 Å². The van der Waals surface area contributed by atoms with E-state index in [1.54, 1.807) is 18.4 Å². The number of imide groups is 1. The topological polar surface area (TPSA) is 91.7 Å². The number of amides is 4. The first-order valence-electron chi connectivity index (χ1n) is 10.0. The third kappa shape index (κ3) is 3.52. The van der Waals surface area contributed by atoms with Crippen LogP contribution in [0.15, 0.2) is 53.1 Å². The number of carbonyl (C=O) groups excluding carboxylic acids is 3. The normalized spacial score (nSPS) is 25.1. The lowest BCUT2D eigenvalue weighted by molar-refractivity contribution is -0.137. The quantitative estimate of drug-likeness (QED) is 0.762. The molecule has 1 aromatic heterocycles. The average Bonchev–Trinajstić information content (AvgIpc) is 3.33. The molecule has 1 aliphatic carbocycles. The molecule has 1 saturated heterocycles. The molecule has 4 rings (SSSR count). The molecular weight excluding hydrogens is 370 g/mol. The van der Waals surface area contributed by atoms with Crippen molar-refractivity contribution in [3.63, 3.8) is 0 Å². The predicted octanol–water partition coefficient (Wildman–Crippen LogP) is 2.99. The highest BCUT2D eigenvalue weighted by Crippen LogP contribution is 2.38. The fourth-order valence-corrected chi connectivity index (χ4v) is 4.41. The van der Waals surface area contributed by atoms with E-state index in [1.165, 1.54) is 0 Å². The van der Waals surface area contributed by atoms with Crippen LogP contribution >= 0.6 is 0 Å². The van der Waals surface area contributed by atoms with Crippen LogP contribution in [-0.4, -0.2) is 34.8 Å². The maximum Gasteiger partial charge on any atom is 0.325 e. The second kappa shape index (κ2) is 7.73. The molecule has 29 heavy (non-hydrogen) atoms. The molecule has 3 unspecified atom stereocenters. The second-order valence-electron chi connectivity index (χ2n) is 7.87. The van der Waals surface area contributed by atoms with Gasteiger partial charge < -0.3 is 15.1 Å². The van der Waals surface area contributed by atoms with Gasteiger partial charge in [0.05, 0.1) is 6.26 Å². The van der Waals surface area contributed by atoms with Crippen molar-refractivity contribution in [2.45, 2.75) is 44.2 Å². The zero-order valence-corrected chi connectivity index (χ0v) is 16.4. The number of nitrogens with one attached hydrogen (secondary N) is 2. The number of urea groups is 1. The number of furan rings is 1. The molecular formula is C22H25N3O4. The number of rotatable bonds is 5. The van der Waals surface area contributed by atoms with Gasteiger partial charge >= 0.3 is 6.03 Å². The Bertz CT molecular complexity index is 896. The highest BCUT2D eigenvalue weighted by atomic mass is 16.3. The van der Waals surface area contributed by atoms with Crippen molar-refractivity contribution < 1.29 is 18.8 Å². The van der Waals surface area contributed by atoms with E-state index in [0.29, 0.717) is 12.2 Å². The van der Waals surface area contributed by atoms with Crippen molar-refractivity contribution in [3.8, 4) is 0 Å². The minimum atomic E-state index is -0.866. The van der Waals surface area contributed by atoms with E-state index in [0.717, 1.165) is 29.7 Å². The minimum absolute atomic E-state index is 0.0564. The number of hydrogen-bond acceptors (Lipinski definition) is 4. The van der Waals surface area contributed by atoms with Crippen molar-refractivity contribution in [3.05, 3.63) is 60.1 Å². The molecule has 1 saturated carbocycles. The Labute approximate surface area is 169 Å². The molecule has 2 aromatic rings. The summed E-state index contributed by atoms with van der Waals surface area (Å²) < 4.78 is 5.49. The Kier molecular flexibility index (Phi) is 5.13. The van der Waals surface area contributed by atoms with E-state index in [2.05, 4.69) is 10.6 Å². The number of hydrogen-bond donors (Lipinski definition) is 2. The van der Waals surface area contributed by atoms with Gasteiger partial charge in [-0.15, -0.1) is 0 Å². The van der Waals surface area contributed by atoms with Crippen molar-refractivity contribution >= 4 is 17.8 Å². The number of carbonyl (C=O) groups is 3. The van der Waals surface area contributed by atoms with Crippen LogP contribution in [0.2, 0.25) is 0 Å². The molecule has 2 aliphatic rings. The lowest BCUT2D eigenvalue weighted by atomic mass is 9.73. The van der Waals surface area contributed by atoms with Crippen LogP contribution in [0.3, 0.4) is 0 Å². The summed E-state index contributed by atoms with van der Waals surface area (Å²) in [4.78, 5) is 39.4. The van der Waals surface area contributed by atoms with E-state index in [1.807, 2.05) is 37.3 Å². The molecule has 1 spiro atoms. The lowest BCUT2D eigenvalue weighted by Gasteiger charge is -2.36. The molecule has 1 aromatic carbocycles. The zero-order chi connectivity index (χ0) is 20.4. The van der Waals surface area contributed by atoms with Crippen LogP contribution in [0.25, 0.3) is 0 Å². The molecule has 2 N–H and O–H groups in total.